The number of carboxylic acid groups (broad SMARTS) is 1. The van der Waals surface area contributed by atoms with Gasteiger partial charge in [0.25, 0.3) is 0 Å². The Morgan fingerprint density at radius 3 is 2.71 bits per heavy atom. The number of hydrogen-bond acceptors (Lipinski definition) is 6. The Labute approximate surface area is 121 Å². The van der Waals surface area contributed by atoms with Crippen molar-refractivity contribution in [3.8, 4) is 0 Å². The molecule has 0 radical (unpaired) electrons. The van der Waals surface area contributed by atoms with E-state index in [4.69, 9.17) is 4.74 Å². The normalized spacial score (nSPS) is 10.8. The van der Waals surface area contributed by atoms with Gasteiger partial charge in [0.05, 0.1) is 24.4 Å². The Kier molecular flexibility index (Phi) is 5.02. The highest BCUT2D eigenvalue weighted by Gasteiger charge is 2.21. The van der Waals surface area contributed by atoms with Gasteiger partial charge in [0, 0.05) is 25.6 Å². The fraction of sp³-hybridized carbons (Fsp3) is 0.357. The first-order valence-electron chi connectivity index (χ1n) is 6.52. The molecule has 0 amide bonds. The Hall–Kier alpha value is -2.25. The van der Waals surface area contributed by atoms with Gasteiger partial charge in [-0.05, 0) is 6.07 Å². The number of anilines is 1. The molecule has 1 aromatic heterocycles. The number of nitrogens with zero attached hydrogens (tertiary/aromatic N) is 3. The van der Waals surface area contributed by atoms with Gasteiger partial charge < -0.3 is 19.8 Å². The highest BCUT2D eigenvalue weighted by molar-refractivity contribution is 6.02. The average Bonchev–Trinajstić information content (AvgIpc) is 2.50. The van der Waals surface area contributed by atoms with Crippen molar-refractivity contribution in [3.05, 3.63) is 30.0 Å². The molecule has 7 heteroatoms. The fourth-order valence-electron chi connectivity index (χ4n) is 2.16. The molecule has 2 N–H and O–H groups in total. The first-order chi connectivity index (χ1) is 10.2. The van der Waals surface area contributed by atoms with Crippen LogP contribution < -0.4 is 4.90 Å². The van der Waals surface area contributed by atoms with E-state index in [1.165, 1.54) is 0 Å². The van der Waals surface area contributed by atoms with Crippen molar-refractivity contribution >= 4 is 22.6 Å². The number of methoxy groups -OCH3 is 1. The molecule has 2 rings (SSSR count). The predicted octanol–water partition coefficient (Wildman–Crippen LogP) is 0.773. The van der Waals surface area contributed by atoms with Gasteiger partial charge in [0.2, 0.25) is 0 Å². The monoisotopic (exact) mass is 291 g/mol. The van der Waals surface area contributed by atoms with Gasteiger partial charge in [0.1, 0.15) is 0 Å². The third-order valence-electron chi connectivity index (χ3n) is 3.10. The minimum Gasteiger partial charge on any atom is -0.476 e. The second-order valence-electron chi connectivity index (χ2n) is 4.42. The quantitative estimate of drug-likeness (QED) is 0.778. The van der Waals surface area contributed by atoms with Crippen LogP contribution in [0, 0.1) is 0 Å². The van der Waals surface area contributed by atoms with Gasteiger partial charge in [-0.25, -0.2) is 4.79 Å². The molecule has 1 heterocycles. The summed E-state index contributed by atoms with van der Waals surface area (Å²) in [4.78, 5) is 13.2. The van der Waals surface area contributed by atoms with Gasteiger partial charge in [-0.3, -0.25) is 0 Å². The second kappa shape index (κ2) is 6.96. The van der Waals surface area contributed by atoms with Crippen LogP contribution in [0.5, 0.6) is 0 Å². The predicted molar refractivity (Wildman–Crippen MR) is 77.7 cm³/mol. The second-order valence-corrected chi connectivity index (χ2v) is 4.42. The maximum absolute atomic E-state index is 11.4. The summed E-state index contributed by atoms with van der Waals surface area (Å²) in [6, 6.07) is 7.19. The van der Waals surface area contributed by atoms with Crippen LogP contribution in [0.15, 0.2) is 24.3 Å². The van der Waals surface area contributed by atoms with E-state index < -0.39 is 5.97 Å². The molecule has 0 aliphatic heterocycles. The number of benzene rings is 1. The molecule has 0 bridgehead atoms. The lowest BCUT2D eigenvalue weighted by atomic mass is 10.1. The summed E-state index contributed by atoms with van der Waals surface area (Å²) in [6.07, 6.45) is 0. The molecule has 0 saturated carbocycles. The van der Waals surface area contributed by atoms with Gasteiger partial charge in [-0.1, -0.05) is 18.2 Å². The average molecular weight is 291 g/mol. The lowest BCUT2D eigenvalue weighted by Crippen LogP contribution is -2.32. The summed E-state index contributed by atoms with van der Waals surface area (Å²) in [5.74, 6) is -1.15. The molecular formula is C14H17N3O4. The summed E-state index contributed by atoms with van der Waals surface area (Å²) in [5, 5.41) is 27.0. The Balaban J connectivity index is 2.60. The van der Waals surface area contributed by atoms with Gasteiger partial charge >= 0.3 is 5.97 Å². The number of hydrogen-bond donors (Lipinski definition) is 2. The van der Waals surface area contributed by atoms with E-state index in [-0.39, 0.29) is 12.3 Å². The van der Waals surface area contributed by atoms with E-state index in [0.29, 0.717) is 36.3 Å². The fourth-order valence-corrected chi connectivity index (χ4v) is 2.16. The van der Waals surface area contributed by atoms with Crippen molar-refractivity contribution in [3.63, 3.8) is 0 Å². The molecule has 0 fully saturated rings. The Morgan fingerprint density at radius 1 is 1.29 bits per heavy atom. The van der Waals surface area contributed by atoms with Gasteiger partial charge in [0.15, 0.2) is 5.69 Å². The molecular weight excluding hydrogens is 274 g/mol. The zero-order chi connectivity index (χ0) is 15.2. The SMILES string of the molecule is COCCN(CCO)c1c(C(=O)O)nnc2ccccc12. The molecule has 0 saturated heterocycles. The van der Waals surface area contributed by atoms with Crippen LogP contribution in [0.4, 0.5) is 5.69 Å². The maximum atomic E-state index is 11.4. The molecule has 0 spiro atoms. The van der Waals surface area contributed by atoms with Crippen LogP contribution in [-0.4, -0.2) is 59.8 Å². The molecule has 1 aromatic carbocycles. The summed E-state index contributed by atoms with van der Waals surface area (Å²) in [7, 11) is 1.57. The number of aliphatic hydroxyl groups excluding tert-OH is 1. The summed E-state index contributed by atoms with van der Waals surface area (Å²) in [6.45, 7) is 1.06. The first-order valence-corrected chi connectivity index (χ1v) is 6.52. The van der Waals surface area contributed by atoms with Crippen molar-refractivity contribution in [2.75, 3.05) is 38.3 Å². The molecule has 0 atom stereocenters. The van der Waals surface area contributed by atoms with Crippen LogP contribution in [0.3, 0.4) is 0 Å². The Bertz CT molecular complexity index is 633. The minimum atomic E-state index is -1.15. The smallest absolute Gasteiger partial charge is 0.358 e. The first kappa shape index (κ1) is 15.1. The molecule has 7 nitrogen and oxygen atoms in total. The zero-order valence-corrected chi connectivity index (χ0v) is 11.7. The summed E-state index contributed by atoms with van der Waals surface area (Å²) in [5.41, 5.74) is 0.940. The van der Waals surface area contributed by atoms with Crippen molar-refractivity contribution in [1.82, 2.24) is 10.2 Å². The number of aliphatic hydroxyl groups is 1. The van der Waals surface area contributed by atoms with Crippen LogP contribution in [0.2, 0.25) is 0 Å². The molecule has 0 aliphatic rings. The Morgan fingerprint density at radius 2 is 2.05 bits per heavy atom. The third-order valence-corrected chi connectivity index (χ3v) is 3.10. The lowest BCUT2D eigenvalue weighted by molar-refractivity contribution is 0.0690. The number of carboxylic acids is 1. The van der Waals surface area contributed by atoms with Crippen molar-refractivity contribution in [1.29, 1.82) is 0 Å². The maximum Gasteiger partial charge on any atom is 0.358 e. The van der Waals surface area contributed by atoms with Crippen LogP contribution in [0.1, 0.15) is 10.5 Å². The molecule has 2 aromatic rings. The van der Waals surface area contributed by atoms with Gasteiger partial charge in [-0.15, -0.1) is 10.2 Å². The topological polar surface area (TPSA) is 95.8 Å². The number of rotatable bonds is 7. The molecule has 0 aliphatic carbocycles. The summed E-state index contributed by atoms with van der Waals surface area (Å²) >= 11 is 0. The van der Waals surface area contributed by atoms with Crippen molar-refractivity contribution in [2.24, 2.45) is 0 Å². The zero-order valence-electron chi connectivity index (χ0n) is 11.7. The largest absolute Gasteiger partial charge is 0.476 e. The van der Waals surface area contributed by atoms with Crippen LogP contribution in [0.25, 0.3) is 10.9 Å². The number of aromatic nitrogens is 2. The van der Waals surface area contributed by atoms with Crippen molar-refractivity contribution < 1.29 is 19.7 Å². The standard InChI is InChI=1S/C14H17N3O4/c1-21-9-7-17(6-8-18)13-10-4-2-3-5-11(10)15-16-12(13)14(19)20/h2-5,18H,6-9H2,1H3,(H,19,20). The number of carbonyl (C=O) groups is 1. The van der Waals surface area contributed by atoms with E-state index in [0.717, 1.165) is 0 Å². The minimum absolute atomic E-state index is 0.0978. The van der Waals surface area contributed by atoms with Crippen LogP contribution in [-0.2, 0) is 4.74 Å². The number of aromatic carboxylic acids is 1. The van der Waals surface area contributed by atoms with E-state index >= 15 is 0 Å². The third kappa shape index (κ3) is 3.26. The highest BCUT2D eigenvalue weighted by Crippen LogP contribution is 2.28. The molecule has 112 valence electrons. The lowest BCUT2D eigenvalue weighted by Gasteiger charge is -2.25. The van der Waals surface area contributed by atoms with E-state index in [2.05, 4.69) is 10.2 Å². The highest BCUT2D eigenvalue weighted by atomic mass is 16.5. The van der Waals surface area contributed by atoms with Gasteiger partial charge in [-0.2, -0.15) is 0 Å². The number of ether oxygens (including phenoxy) is 1. The molecule has 0 unspecified atom stereocenters. The van der Waals surface area contributed by atoms with E-state index in [1.54, 1.807) is 24.1 Å². The molecule has 21 heavy (non-hydrogen) atoms. The number of fused-ring (bicyclic) bond motifs is 1. The van der Waals surface area contributed by atoms with E-state index in [9.17, 15) is 15.0 Å². The van der Waals surface area contributed by atoms with Crippen molar-refractivity contribution in [2.45, 2.75) is 0 Å². The summed E-state index contributed by atoms with van der Waals surface area (Å²) < 4.78 is 5.05. The van der Waals surface area contributed by atoms with Crippen LogP contribution >= 0.6 is 0 Å². The van der Waals surface area contributed by atoms with E-state index in [1.807, 2.05) is 12.1 Å².